The molecule has 0 aliphatic rings. The van der Waals surface area contributed by atoms with Gasteiger partial charge in [0.2, 0.25) is 0 Å². The number of aliphatic hydroxyl groups is 2. The molecule has 3 atom stereocenters. The highest BCUT2D eigenvalue weighted by Gasteiger charge is 2.13. The molecule has 0 aromatic heterocycles. The second-order valence-corrected chi connectivity index (χ2v) is 5.96. The minimum absolute atomic E-state index is 0.0335. The highest BCUT2D eigenvalue weighted by molar-refractivity contribution is 5.16. The first-order valence-corrected chi connectivity index (χ1v) is 7.71. The number of benzene rings is 1. The molecule has 0 fully saturated rings. The van der Waals surface area contributed by atoms with Gasteiger partial charge in [-0.1, -0.05) is 44.2 Å². The summed E-state index contributed by atoms with van der Waals surface area (Å²) in [5.41, 5.74) is 1.10. The van der Waals surface area contributed by atoms with E-state index in [-0.39, 0.29) is 25.4 Å². The van der Waals surface area contributed by atoms with Gasteiger partial charge in [-0.2, -0.15) is 0 Å². The highest BCUT2D eigenvalue weighted by atomic mass is 16.5. The molecule has 3 N–H and O–H groups in total. The molecule has 1 rings (SSSR count). The number of rotatable bonds is 10. The molecular formula is C17H29NO3. The second kappa shape index (κ2) is 9.90. The fraction of sp³-hybridized carbons (Fsp3) is 0.647. The van der Waals surface area contributed by atoms with Crippen LogP contribution >= 0.6 is 0 Å². The Bertz CT molecular complexity index is 370. The fourth-order valence-corrected chi connectivity index (χ4v) is 2.23. The maximum Gasteiger partial charge on any atom is 0.0898 e. The summed E-state index contributed by atoms with van der Waals surface area (Å²) in [6, 6.07) is 9.99. The van der Waals surface area contributed by atoms with Gasteiger partial charge in [0.15, 0.2) is 0 Å². The summed E-state index contributed by atoms with van der Waals surface area (Å²) in [6.07, 6.45) is 0.285. The first kappa shape index (κ1) is 18.1. The van der Waals surface area contributed by atoms with Crippen LogP contribution in [0.2, 0.25) is 0 Å². The van der Waals surface area contributed by atoms with Gasteiger partial charge in [-0.25, -0.2) is 0 Å². The van der Waals surface area contributed by atoms with Crippen LogP contribution in [0.1, 0.15) is 38.9 Å². The van der Waals surface area contributed by atoms with Crippen LogP contribution in [-0.4, -0.2) is 42.1 Å². The highest BCUT2D eigenvalue weighted by Crippen LogP contribution is 2.15. The van der Waals surface area contributed by atoms with Crippen molar-refractivity contribution >= 4 is 0 Å². The van der Waals surface area contributed by atoms with Gasteiger partial charge in [0, 0.05) is 12.6 Å². The molecule has 4 nitrogen and oxygen atoms in total. The molecule has 120 valence electrons. The lowest BCUT2D eigenvalue weighted by molar-refractivity contribution is -0.00376. The van der Waals surface area contributed by atoms with Crippen molar-refractivity contribution in [1.29, 1.82) is 0 Å². The van der Waals surface area contributed by atoms with Crippen LogP contribution in [0.25, 0.3) is 0 Å². The van der Waals surface area contributed by atoms with Gasteiger partial charge in [0.05, 0.1) is 25.4 Å². The molecule has 1 aromatic carbocycles. The van der Waals surface area contributed by atoms with E-state index in [1.165, 1.54) is 0 Å². The topological polar surface area (TPSA) is 61.7 Å². The third kappa shape index (κ3) is 7.58. The van der Waals surface area contributed by atoms with Crippen LogP contribution < -0.4 is 5.32 Å². The molecule has 4 heteroatoms. The van der Waals surface area contributed by atoms with Crippen LogP contribution in [0.5, 0.6) is 0 Å². The van der Waals surface area contributed by atoms with Crippen molar-refractivity contribution in [1.82, 2.24) is 5.32 Å². The zero-order valence-electron chi connectivity index (χ0n) is 13.3. The summed E-state index contributed by atoms with van der Waals surface area (Å²) >= 11 is 0. The summed E-state index contributed by atoms with van der Waals surface area (Å²) < 4.78 is 5.68. The molecule has 0 spiro atoms. The number of nitrogens with one attached hydrogen (secondary N) is 1. The Morgan fingerprint density at radius 1 is 1.14 bits per heavy atom. The Hall–Kier alpha value is -0.940. The zero-order valence-corrected chi connectivity index (χ0v) is 13.3. The van der Waals surface area contributed by atoms with E-state index in [2.05, 4.69) is 19.2 Å². The number of hydrogen-bond donors (Lipinski definition) is 3. The van der Waals surface area contributed by atoms with Gasteiger partial charge in [-0.05, 0) is 24.8 Å². The number of aliphatic hydroxyl groups excluding tert-OH is 2. The minimum Gasteiger partial charge on any atom is -0.395 e. The zero-order chi connectivity index (χ0) is 15.7. The predicted octanol–water partition coefficient (Wildman–Crippen LogP) is 2.12. The molecule has 0 amide bonds. The Balaban J connectivity index is 2.26. The lowest BCUT2D eigenvalue weighted by Crippen LogP contribution is -2.40. The molecule has 3 unspecified atom stereocenters. The van der Waals surface area contributed by atoms with Gasteiger partial charge < -0.3 is 20.3 Å². The minimum atomic E-state index is -0.572. The van der Waals surface area contributed by atoms with E-state index in [9.17, 15) is 10.2 Å². The molecule has 0 bridgehead atoms. The van der Waals surface area contributed by atoms with Gasteiger partial charge in [0.1, 0.15) is 0 Å². The summed E-state index contributed by atoms with van der Waals surface area (Å²) in [7, 11) is 0. The van der Waals surface area contributed by atoms with Gasteiger partial charge in [-0.15, -0.1) is 0 Å². The van der Waals surface area contributed by atoms with E-state index in [1.807, 2.05) is 37.3 Å². The maximum atomic E-state index is 9.95. The standard InChI is InChI=1S/C17H29NO3/c1-13(2)9-16(11-19)18-10-17(20)12-21-14(3)15-7-5-4-6-8-15/h4-8,13-14,16-20H,9-12H2,1-3H3. The normalized spacial score (nSPS) is 15.9. The fourth-order valence-electron chi connectivity index (χ4n) is 2.23. The molecule has 0 aliphatic carbocycles. The summed E-state index contributed by atoms with van der Waals surface area (Å²) in [6.45, 7) is 7.01. The molecular weight excluding hydrogens is 266 g/mol. The first-order chi connectivity index (χ1) is 10.0. The second-order valence-electron chi connectivity index (χ2n) is 5.96. The van der Waals surface area contributed by atoms with E-state index >= 15 is 0 Å². The van der Waals surface area contributed by atoms with Gasteiger partial charge in [-0.3, -0.25) is 0 Å². The molecule has 0 radical (unpaired) electrons. The largest absolute Gasteiger partial charge is 0.395 e. The monoisotopic (exact) mass is 295 g/mol. The molecule has 1 aromatic rings. The van der Waals surface area contributed by atoms with Crippen molar-refractivity contribution in [3.05, 3.63) is 35.9 Å². The third-order valence-corrected chi connectivity index (χ3v) is 3.43. The van der Waals surface area contributed by atoms with E-state index in [1.54, 1.807) is 0 Å². The predicted molar refractivity (Wildman–Crippen MR) is 85.1 cm³/mol. The lowest BCUT2D eigenvalue weighted by Gasteiger charge is -2.21. The van der Waals surface area contributed by atoms with Crippen LogP contribution in [0.4, 0.5) is 0 Å². The molecule has 0 saturated carbocycles. The van der Waals surface area contributed by atoms with E-state index < -0.39 is 6.10 Å². The molecule has 0 heterocycles. The van der Waals surface area contributed by atoms with Crippen molar-refractivity contribution < 1.29 is 14.9 Å². The van der Waals surface area contributed by atoms with E-state index in [4.69, 9.17) is 4.74 Å². The average molecular weight is 295 g/mol. The average Bonchev–Trinajstić information content (AvgIpc) is 2.49. The van der Waals surface area contributed by atoms with Crippen LogP contribution in [0.15, 0.2) is 30.3 Å². The van der Waals surface area contributed by atoms with Crippen LogP contribution in [0.3, 0.4) is 0 Å². The van der Waals surface area contributed by atoms with Gasteiger partial charge in [0.25, 0.3) is 0 Å². The van der Waals surface area contributed by atoms with Crippen molar-refractivity contribution in [2.45, 2.75) is 45.4 Å². The molecule has 0 aliphatic heterocycles. The Labute approximate surface area is 128 Å². The van der Waals surface area contributed by atoms with Crippen molar-refractivity contribution in [3.63, 3.8) is 0 Å². The van der Waals surface area contributed by atoms with E-state index in [0.717, 1.165) is 12.0 Å². The van der Waals surface area contributed by atoms with Crippen molar-refractivity contribution in [3.8, 4) is 0 Å². The van der Waals surface area contributed by atoms with Crippen LogP contribution in [-0.2, 0) is 4.74 Å². The molecule has 0 saturated heterocycles. The van der Waals surface area contributed by atoms with Gasteiger partial charge >= 0.3 is 0 Å². The molecule has 21 heavy (non-hydrogen) atoms. The third-order valence-electron chi connectivity index (χ3n) is 3.43. The van der Waals surface area contributed by atoms with Crippen molar-refractivity contribution in [2.75, 3.05) is 19.8 Å². The first-order valence-electron chi connectivity index (χ1n) is 7.71. The smallest absolute Gasteiger partial charge is 0.0898 e. The Morgan fingerprint density at radius 3 is 2.38 bits per heavy atom. The SMILES string of the molecule is CC(C)CC(CO)NCC(O)COC(C)c1ccccc1. The summed E-state index contributed by atoms with van der Waals surface area (Å²) in [5.74, 6) is 0.515. The Kier molecular flexibility index (Phi) is 8.54. The summed E-state index contributed by atoms with van der Waals surface area (Å²) in [4.78, 5) is 0. The van der Waals surface area contributed by atoms with Crippen molar-refractivity contribution in [2.24, 2.45) is 5.92 Å². The number of ether oxygens (including phenoxy) is 1. The maximum absolute atomic E-state index is 9.95. The van der Waals surface area contributed by atoms with E-state index in [0.29, 0.717) is 12.5 Å². The van der Waals surface area contributed by atoms with Crippen LogP contribution in [0, 0.1) is 5.92 Å². The number of hydrogen-bond acceptors (Lipinski definition) is 4. The lowest BCUT2D eigenvalue weighted by atomic mass is 10.0. The summed E-state index contributed by atoms with van der Waals surface area (Å²) in [5, 5.41) is 22.4. The Morgan fingerprint density at radius 2 is 1.81 bits per heavy atom. The quantitative estimate of drug-likeness (QED) is 0.619.